The zero-order chi connectivity index (χ0) is 13.0. The van der Waals surface area contributed by atoms with Crippen LogP contribution in [0, 0.1) is 12.3 Å². The van der Waals surface area contributed by atoms with Gasteiger partial charge in [0, 0.05) is 10.0 Å². The van der Waals surface area contributed by atoms with E-state index in [4.69, 9.17) is 34.4 Å². The molecule has 0 bridgehead atoms. The maximum atomic E-state index is 6.04. The van der Waals surface area contributed by atoms with Crippen molar-refractivity contribution in [2.45, 2.75) is 37.7 Å². The molecule has 0 atom stereocenters. The van der Waals surface area contributed by atoms with Crippen LogP contribution in [0.3, 0.4) is 0 Å². The smallest absolute Gasteiger partial charge is 0.107 e. The largest absolute Gasteiger partial charge is 0.366 e. The van der Waals surface area contributed by atoms with E-state index in [-0.39, 0.29) is 0 Å². The Morgan fingerprint density at radius 3 is 2.28 bits per heavy atom. The first kappa shape index (κ1) is 13.7. The first-order valence-corrected chi connectivity index (χ1v) is 6.95. The van der Waals surface area contributed by atoms with E-state index in [0.717, 1.165) is 25.7 Å². The van der Waals surface area contributed by atoms with Crippen LogP contribution >= 0.6 is 23.2 Å². The van der Waals surface area contributed by atoms with Crippen molar-refractivity contribution in [2.75, 3.05) is 6.61 Å². The van der Waals surface area contributed by atoms with E-state index in [0.29, 0.717) is 28.7 Å². The van der Waals surface area contributed by atoms with Gasteiger partial charge >= 0.3 is 0 Å². The Bertz CT molecular complexity index is 422. The number of terminal acetylenes is 1. The first-order valence-electron chi connectivity index (χ1n) is 6.20. The average molecular weight is 283 g/mol. The minimum atomic E-state index is 0.312. The van der Waals surface area contributed by atoms with Crippen LogP contribution < -0.4 is 0 Å². The lowest BCUT2D eigenvalue weighted by atomic mass is 9.83. The minimum Gasteiger partial charge on any atom is -0.366 e. The lowest BCUT2D eigenvalue weighted by Crippen LogP contribution is -2.21. The first-order chi connectivity index (χ1) is 8.69. The highest BCUT2D eigenvalue weighted by Crippen LogP contribution is 2.36. The molecule has 0 N–H and O–H groups in total. The van der Waals surface area contributed by atoms with Crippen LogP contribution in [-0.4, -0.2) is 12.7 Å². The number of halogens is 2. The van der Waals surface area contributed by atoms with Gasteiger partial charge in [0.1, 0.15) is 6.61 Å². The van der Waals surface area contributed by atoms with Crippen LogP contribution in [0.1, 0.15) is 37.2 Å². The zero-order valence-corrected chi connectivity index (χ0v) is 11.7. The van der Waals surface area contributed by atoms with Crippen LogP contribution in [0.2, 0.25) is 10.0 Å². The predicted molar refractivity (Wildman–Crippen MR) is 76.2 cm³/mol. The molecule has 0 radical (unpaired) electrons. The highest BCUT2D eigenvalue weighted by molar-refractivity contribution is 6.34. The molecule has 2 rings (SSSR count). The topological polar surface area (TPSA) is 9.23 Å². The van der Waals surface area contributed by atoms with Gasteiger partial charge in [0.05, 0.1) is 6.10 Å². The predicted octanol–water partition coefficient (Wildman–Crippen LogP) is 4.67. The second-order valence-electron chi connectivity index (χ2n) is 4.69. The van der Waals surface area contributed by atoms with Crippen molar-refractivity contribution in [1.29, 1.82) is 0 Å². The van der Waals surface area contributed by atoms with Crippen molar-refractivity contribution < 1.29 is 4.74 Å². The van der Waals surface area contributed by atoms with Crippen molar-refractivity contribution in [3.8, 4) is 12.3 Å². The normalized spacial score (nSPS) is 23.6. The van der Waals surface area contributed by atoms with Crippen molar-refractivity contribution in [1.82, 2.24) is 0 Å². The number of hydrogen-bond acceptors (Lipinski definition) is 1. The van der Waals surface area contributed by atoms with Gasteiger partial charge in [0.25, 0.3) is 0 Å². The second kappa shape index (κ2) is 6.48. The molecule has 18 heavy (non-hydrogen) atoms. The number of ether oxygens (including phenoxy) is 1. The number of rotatable bonds is 3. The lowest BCUT2D eigenvalue weighted by molar-refractivity contribution is 0.0453. The molecule has 0 amide bonds. The van der Waals surface area contributed by atoms with E-state index in [9.17, 15) is 0 Å². The summed E-state index contributed by atoms with van der Waals surface area (Å²) < 4.78 is 5.58. The van der Waals surface area contributed by atoms with Crippen LogP contribution in [0.25, 0.3) is 0 Å². The molecule has 0 spiro atoms. The molecule has 1 nitrogen and oxygen atoms in total. The van der Waals surface area contributed by atoms with E-state index in [1.54, 1.807) is 6.07 Å². The molecular weight excluding hydrogens is 267 g/mol. The molecule has 1 aromatic rings. The second-order valence-corrected chi connectivity index (χ2v) is 5.56. The molecule has 96 valence electrons. The summed E-state index contributed by atoms with van der Waals surface area (Å²) in [6.45, 7) is 0.415. The Morgan fingerprint density at radius 1 is 1.11 bits per heavy atom. The van der Waals surface area contributed by atoms with Gasteiger partial charge in [-0.05, 0) is 55.4 Å². The molecule has 1 saturated carbocycles. The van der Waals surface area contributed by atoms with Gasteiger partial charge in [-0.1, -0.05) is 29.1 Å². The summed E-state index contributed by atoms with van der Waals surface area (Å²) in [7, 11) is 0. The molecule has 0 aromatic heterocycles. The fourth-order valence-electron chi connectivity index (χ4n) is 2.54. The van der Waals surface area contributed by atoms with E-state index >= 15 is 0 Å². The molecule has 1 fully saturated rings. The van der Waals surface area contributed by atoms with E-state index in [1.165, 1.54) is 5.56 Å². The summed E-state index contributed by atoms with van der Waals surface area (Å²) in [4.78, 5) is 0. The van der Waals surface area contributed by atoms with Crippen LogP contribution in [0.4, 0.5) is 0 Å². The molecular formula is C15H16Cl2O. The Kier molecular flexibility index (Phi) is 4.95. The molecule has 1 aromatic carbocycles. The quantitative estimate of drug-likeness (QED) is 0.732. The zero-order valence-electron chi connectivity index (χ0n) is 10.2. The van der Waals surface area contributed by atoms with Crippen LogP contribution in [0.15, 0.2) is 18.2 Å². The highest BCUT2D eigenvalue weighted by Gasteiger charge is 2.23. The van der Waals surface area contributed by atoms with Crippen molar-refractivity contribution in [3.05, 3.63) is 33.8 Å². The van der Waals surface area contributed by atoms with Gasteiger partial charge in [0.2, 0.25) is 0 Å². The van der Waals surface area contributed by atoms with Gasteiger partial charge in [-0.3, -0.25) is 0 Å². The summed E-state index contributed by atoms with van der Waals surface area (Å²) in [6, 6.07) is 5.80. The van der Waals surface area contributed by atoms with Crippen molar-refractivity contribution >= 4 is 23.2 Å². The van der Waals surface area contributed by atoms with Gasteiger partial charge in [0.15, 0.2) is 0 Å². The Morgan fingerprint density at radius 2 is 1.72 bits per heavy atom. The fourth-order valence-corrected chi connectivity index (χ4v) is 3.08. The summed E-state index contributed by atoms with van der Waals surface area (Å²) in [5.74, 6) is 3.05. The molecule has 0 heterocycles. The third-order valence-electron chi connectivity index (χ3n) is 3.43. The summed E-state index contributed by atoms with van der Waals surface area (Å²) >= 11 is 12.1. The average Bonchev–Trinajstić information content (AvgIpc) is 2.36. The highest BCUT2D eigenvalue weighted by atomic mass is 35.5. The van der Waals surface area contributed by atoms with E-state index < -0.39 is 0 Å². The third-order valence-corrected chi connectivity index (χ3v) is 3.87. The van der Waals surface area contributed by atoms with Gasteiger partial charge in [-0.2, -0.15) is 0 Å². The van der Waals surface area contributed by atoms with Crippen molar-refractivity contribution in [3.63, 3.8) is 0 Å². The molecule has 3 heteroatoms. The summed E-state index contributed by atoms with van der Waals surface area (Å²) in [5.41, 5.74) is 1.24. The van der Waals surface area contributed by atoms with Gasteiger partial charge in [-0.15, -0.1) is 6.42 Å². The molecule has 0 unspecified atom stereocenters. The summed E-state index contributed by atoms with van der Waals surface area (Å²) in [6.07, 6.45) is 9.82. The molecule has 0 saturated heterocycles. The van der Waals surface area contributed by atoms with E-state index in [2.05, 4.69) is 5.92 Å². The Balaban J connectivity index is 1.95. The van der Waals surface area contributed by atoms with Crippen LogP contribution in [-0.2, 0) is 4.74 Å². The number of benzene rings is 1. The maximum Gasteiger partial charge on any atom is 0.107 e. The molecule has 0 aliphatic heterocycles. The van der Waals surface area contributed by atoms with Gasteiger partial charge in [-0.25, -0.2) is 0 Å². The standard InChI is InChI=1S/C15H16Cl2O/c1-2-7-18-15-5-3-11(4-6-15)12-8-13(16)10-14(17)9-12/h1,8-11,15H,3-7H2/t11-,15-. The summed E-state index contributed by atoms with van der Waals surface area (Å²) in [5, 5.41) is 1.42. The number of hydrogen-bond donors (Lipinski definition) is 0. The fraction of sp³-hybridized carbons (Fsp3) is 0.467. The van der Waals surface area contributed by atoms with Crippen molar-refractivity contribution in [2.24, 2.45) is 0 Å². The maximum absolute atomic E-state index is 6.04. The molecule has 1 aliphatic carbocycles. The monoisotopic (exact) mass is 282 g/mol. The Hall–Kier alpha value is -0.680. The van der Waals surface area contributed by atoms with E-state index in [1.807, 2.05) is 12.1 Å². The third kappa shape index (κ3) is 3.65. The van der Waals surface area contributed by atoms with Crippen LogP contribution in [0.5, 0.6) is 0 Å². The van der Waals surface area contributed by atoms with Gasteiger partial charge < -0.3 is 4.74 Å². The lowest BCUT2D eigenvalue weighted by Gasteiger charge is -2.28. The SMILES string of the molecule is C#CCO[C@H]1CC[C@H](c2cc(Cl)cc(Cl)c2)CC1. The minimum absolute atomic E-state index is 0.312. The Labute approximate surface area is 118 Å². The molecule has 1 aliphatic rings.